The predicted octanol–water partition coefficient (Wildman–Crippen LogP) is 2.94. The zero-order chi connectivity index (χ0) is 16.1. The fourth-order valence-electron chi connectivity index (χ4n) is 2.93. The maximum absolute atomic E-state index is 5.99. The third-order valence-electron chi connectivity index (χ3n) is 4.49. The van der Waals surface area contributed by atoms with Crippen LogP contribution >= 0.6 is 0 Å². The van der Waals surface area contributed by atoms with Gasteiger partial charge in [0.15, 0.2) is 5.96 Å². The number of rotatable bonds is 5. The van der Waals surface area contributed by atoms with Crippen LogP contribution in [0.2, 0.25) is 0 Å². The van der Waals surface area contributed by atoms with Crippen LogP contribution in [0.3, 0.4) is 0 Å². The molecule has 0 spiro atoms. The van der Waals surface area contributed by atoms with E-state index in [1.807, 2.05) is 30.3 Å². The predicted molar refractivity (Wildman–Crippen MR) is 92.9 cm³/mol. The molecule has 1 aliphatic carbocycles. The molecule has 0 saturated heterocycles. The van der Waals surface area contributed by atoms with Crippen molar-refractivity contribution in [3.8, 4) is 5.75 Å². The van der Waals surface area contributed by atoms with E-state index in [9.17, 15) is 0 Å². The number of aliphatic imine (C=N–C) groups is 1. The van der Waals surface area contributed by atoms with Gasteiger partial charge in [-0.15, -0.1) is 0 Å². The lowest BCUT2D eigenvalue weighted by Crippen LogP contribution is -2.38. The molecule has 1 aliphatic rings. The first-order valence-corrected chi connectivity index (χ1v) is 7.84. The molecule has 1 aromatic carbocycles. The van der Waals surface area contributed by atoms with Crippen LogP contribution in [0.5, 0.6) is 5.75 Å². The molecule has 3 rings (SSSR count). The standard InChI is InChI=1S/C18H22N4O/c1-23-15-8-6-14(7-9-15)18(10-4-11-18)13-21-17(19)22-16-5-2-3-12-20-16/h2-3,5-9,12H,4,10-11,13H2,1H3,(H3,19,20,21,22). The van der Waals surface area contributed by atoms with E-state index in [4.69, 9.17) is 10.5 Å². The number of hydrogen-bond acceptors (Lipinski definition) is 3. The fourth-order valence-corrected chi connectivity index (χ4v) is 2.93. The average molecular weight is 310 g/mol. The van der Waals surface area contributed by atoms with Crippen molar-refractivity contribution in [1.29, 1.82) is 0 Å². The van der Waals surface area contributed by atoms with Crippen LogP contribution in [-0.4, -0.2) is 24.6 Å². The Morgan fingerprint density at radius 3 is 2.61 bits per heavy atom. The number of guanidine groups is 1. The highest BCUT2D eigenvalue weighted by Gasteiger charge is 2.38. The van der Waals surface area contributed by atoms with E-state index in [2.05, 4.69) is 27.4 Å². The second kappa shape index (κ2) is 6.69. The van der Waals surface area contributed by atoms with Crippen LogP contribution in [0.15, 0.2) is 53.7 Å². The van der Waals surface area contributed by atoms with Crippen LogP contribution in [0.1, 0.15) is 24.8 Å². The SMILES string of the molecule is COc1ccc(C2(CN=C(N)Nc3ccccn3)CCC2)cc1. The van der Waals surface area contributed by atoms with Gasteiger partial charge < -0.3 is 15.8 Å². The molecule has 0 aliphatic heterocycles. The second-order valence-corrected chi connectivity index (χ2v) is 5.90. The fraction of sp³-hybridized carbons (Fsp3) is 0.333. The highest BCUT2D eigenvalue weighted by atomic mass is 16.5. The molecule has 120 valence electrons. The summed E-state index contributed by atoms with van der Waals surface area (Å²) in [5.41, 5.74) is 7.40. The summed E-state index contributed by atoms with van der Waals surface area (Å²) in [5, 5.41) is 3.03. The lowest BCUT2D eigenvalue weighted by molar-refractivity contribution is 0.253. The van der Waals surface area contributed by atoms with Gasteiger partial charge in [0.05, 0.1) is 13.7 Å². The van der Waals surface area contributed by atoms with Gasteiger partial charge in [0.1, 0.15) is 11.6 Å². The Morgan fingerprint density at radius 2 is 2.04 bits per heavy atom. The van der Waals surface area contributed by atoms with E-state index in [1.54, 1.807) is 13.3 Å². The zero-order valence-corrected chi connectivity index (χ0v) is 13.3. The number of methoxy groups -OCH3 is 1. The summed E-state index contributed by atoms with van der Waals surface area (Å²) in [6.07, 6.45) is 5.23. The van der Waals surface area contributed by atoms with E-state index in [1.165, 1.54) is 12.0 Å². The molecular formula is C18H22N4O. The molecular weight excluding hydrogens is 288 g/mol. The molecule has 0 radical (unpaired) electrons. The minimum atomic E-state index is 0.0999. The van der Waals surface area contributed by atoms with Crippen LogP contribution in [-0.2, 0) is 5.41 Å². The summed E-state index contributed by atoms with van der Waals surface area (Å²) in [7, 11) is 1.68. The number of anilines is 1. The number of aromatic nitrogens is 1. The Balaban J connectivity index is 1.69. The highest BCUT2D eigenvalue weighted by molar-refractivity contribution is 5.91. The Kier molecular flexibility index (Phi) is 4.46. The summed E-state index contributed by atoms with van der Waals surface area (Å²) >= 11 is 0. The summed E-state index contributed by atoms with van der Waals surface area (Å²) in [4.78, 5) is 8.73. The van der Waals surface area contributed by atoms with E-state index in [0.717, 1.165) is 18.6 Å². The van der Waals surface area contributed by atoms with Crippen molar-refractivity contribution in [2.75, 3.05) is 19.0 Å². The molecule has 3 N–H and O–H groups in total. The third kappa shape index (κ3) is 3.44. The van der Waals surface area contributed by atoms with Gasteiger partial charge in [-0.3, -0.25) is 4.99 Å². The highest BCUT2D eigenvalue weighted by Crippen LogP contribution is 2.44. The minimum absolute atomic E-state index is 0.0999. The summed E-state index contributed by atoms with van der Waals surface area (Å²) < 4.78 is 5.23. The maximum atomic E-state index is 5.99. The van der Waals surface area contributed by atoms with Crippen molar-refractivity contribution in [2.24, 2.45) is 10.7 Å². The van der Waals surface area contributed by atoms with Gasteiger partial charge in [-0.05, 0) is 42.7 Å². The lowest BCUT2D eigenvalue weighted by Gasteiger charge is -2.41. The molecule has 0 amide bonds. The molecule has 0 bridgehead atoms. The van der Waals surface area contributed by atoms with Crippen LogP contribution in [0, 0.1) is 0 Å². The molecule has 1 saturated carbocycles. The lowest BCUT2D eigenvalue weighted by atomic mass is 9.64. The molecule has 0 unspecified atom stereocenters. The van der Waals surface area contributed by atoms with E-state index in [-0.39, 0.29) is 5.41 Å². The first-order chi connectivity index (χ1) is 11.2. The number of nitrogens with two attached hydrogens (primary N) is 1. The quantitative estimate of drug-likeness (QED) is 0.658. The van der Waals surface area contributed by atoms with E-state index >= 15 is 0 Å². The normalized spacial score (nSPS) is 16.5. The molecule has 5 heteroatoms. The molecule has 0 atom stereocenters. The van der Waals surface area contributed by atoms with Gasteiger partial charge >= 0.3 is 0 Å². The first kappa shape index (κ1) is 15.3. The van der Waals surface area contributed by atoms with Crippen molar-refractivity contribution in [1.82, 2.24) is 4.98 Å². The van der Waals surface area contributed by atoms with Crippen LogP contribution < -0.4 is 15.8 Å². The Morgan fingerprint density at radius 1 is 1.26 bits per heavy atom. The molecule has 1 fully saturated rings. The van der Waals surface area contributed by atoms with Crippen LogP contribution in [0.4, 0.5) is 5.82 Å². The van der Waals surface area contributed by atoms with E-state index in [0.29, 0.717) is 18.3 Å². The van der Waals surface area contributed by atoms with E-state index < -0.39 is 0 Å². The van der Waals surface area contributed by atoms with Gasteiger partial charge in [0.2, 0.25) is 0 Å². The van der Waals surface area contributed by atoms with Crippen molar-refractivity contribution in [3.05, 3.63) is 54.2 Å². The molecule has 1 heterocycles. The molecule has 5 nitrogen and oxygen atoms in total. The van der Waals surface area contributed by atoms with Gasteiger partial charge in [-0.25, -0.2) is 4.98 Å². The van der Waals surface area contributed by atoms with Crippen molar-refractivity contribution < 1.29 is 4.74 Å². The summed E-state index contributed by atoms with van der Waals surface area (Å²) in [6, 6.07) is 13.9. The summed E-state index contributed by atoms with van der Waals surface area (Å²) in [5.74, 6) is 1.99. The maximum Gasteiger partial charge on any atom is 0.194 e. The monoisotopic (exact) mass is 310 g/mol. The van der Waals surface area contributed by atoms with Crippen molar-refractivity contribution in [2.45, 2.75) is 24.7 Å². The van der Waals surface area contributed by atoms with Crippen molar-refractivity contribution in [3.63, 3.8) is 0 Å². The largest absolute Gasteiger partial charge is 0.497 e. The molecule has 2 aromatic rings. The number of pyridine rings is 1. The van der Waals surface area contributed by atoms with Gasteiger partial charge in [-0.1, -0.05) is 24.6 Å². The smallest absolute Gasteiger partial charge is 0.194 e. The minimum Gasteiger partial charge on any atom is -0.497 e. The number of nitrogens with one attached hydrogen (secondary N) is 1. The Hall–Kier alpha value is -2.56. The summed E-state index contributed by atoms with van der Waals surface area (Å²) in [6.45, 7) is 0.686. The van der Waals surface area contributed by atoms with Crippen LogP contribution in [0.25, 0.3) is 0 Å². The van der Waals surface area contributed by atoms with Gasteiger partial charge in [-0.2, -0.15) is 0 Å². The Labute approximate surface area is 136 Å². The zero-order valence-electron chi connectivity index (χ0n) is 13.3. The number of hydrogen-bond donors (Lipinski definition) is 2. The topological polar surface area (TPSA) is 72.5 Å². The van der Waals surface area contributed by atoms with Gasteiger partial charge in [0, 0.05) is 11.6 Å². The second-order valence-electron chi connectivity index (χ2n) is 5.90. The number of benzene rings is 1. The average Bonchev–Trinajstić information content (AvgIpc) is 2.55. The van der Waals surface area contributed by atoms with Gasteiger partial charge in [0.25, 0.3) is 0 Å². The third-order valence-corrected chi connectivity index (χ3v) is 4.49. The Bertz CT molecular complexity index is 663. The number of nitrogens with zero attached hydrogens (tertiary/aromatic N) is 2. The first-order valence-electron chi connectivity index (χ1n) is 7.84. The molecule has 1 aromatic heterocycles. The molecule has 23 heavy (non-hydrogen) atoms. The van der Waals surface area contributed by atoms with Crippen molar-refractivity contribution >= 4 is 11.8 Å². The number of ether oxygens (including phenoxy) is 1.